The normalized spacial score (nSPS) is 12.0. The van der Waals surface area contributed by atoms with E-state index in [1.165, 1.54) is 7.11 Å². The first-order valence-corrected chi connectivity index (χ1v) is 4.06. The molecule has 7 heteroatoms. The monoisotopic (exact) mass is 230 g/mol. The predicted octanol–water partition coefficient (Wildman–Crippen LogP) is 2.04. The number of aromatic nitrogens is 2. The van der Waals surface area contributed by atoms with Gasteiger partial charge in [-0.1, -0.05) is 40.0 Å². The molecule has 0 aliphatic rings. The quantitative estimate of drug-likeness (QED) is 0.731. The van der Waals surface area contributed by atoms with Gasteiger partial charge in [-0.25, -0.2) is 0 Å². The Kier molecular flexibility index (Phi) is 3.17. The van der Waals surface area contributed by atoms with Crippen LogP contribution in [0.4, 0.5) is 0 Å². The van der Waals surface area contributed by atoms with Gasteiger partial charge < -0.3 is 9.26 Å². The smallest absolute Gasteiger partial charge is 0.278 e. The van der Waals surface area contributed by atoms with E-state index in [0.29, 0.717) is 5.82 Å². The molecule has 12 heavy (non-hydrogen) atoms. The van der Waals surface area contributed by atoms with Crippen LogP contribution in [0.5, 0.6) is 0 Å². The molecule has 0 unspecified atom stereocenters. The van der Waals surface area contributed by atoms with E-state index in [0.717, 1.165) is 0 Å². The summed E-state index contributed by atoms with van der Waals surface area (Å²) in [7, 11) is 1.51. The fourth-order valence-corrected chi connectivity index (χ4v) is 0.787. The summed E-state index contributed by atoms with van der Waals surface area (Å²) in [4.78, 5) is 3.77. The third kappa shape index (κ3) is 2.48. The Balaban J connectivity index is 2.77. The molecule has 0 saturated heterocycles. The molecule has 68 valence electrons. The summed E-state index contributed by atoms with van der Waals surface area (Å²) in [5, 5.41) is 3.51. The highest BCUT2D eigenvalue weighted by molar-refractivity contribution is 6.66. The van der Waals surface area contributed by atoms with Gasteiger partial charge in [0.1, 0.15) is 6.61 Å². The summed E-state index contributed by atoms with van der Waals surface area (Å²) in [5.41, 5.74) is 0. The van der Waals surface area contributed by atoms with Gasteiger partial charge >= 0.3 is 0 Å². The molecule has 0 aliphatic heterocycles. The molecule has 0 atom stereocenters. The molecule has 0 amide bonds. The van der Waals surface area contributed by atoms with Crippen LogP contribution < -0.4 is 0 Å². The molecule has 0 spiro atoms. The van der Waals surface area contributed by atoms with Crippen molar-refractivity contribution in [1.82, 2.24) is 10.1 Å². The lowest BCUT2D eigenvalue weighted by Gasteiger charge is -2.01. The first kappa shape index (κ1) is 10.1. The van der Waals surface area contributed by atoms with E-state index < -0.39 is 3.79 Å². The Morgan fingerprint density at radius 1 is 1.50 bits per heavy atom. The number of ether oxygens (including phenoxy) is 1. The van der Waals surface area contributed by atoms with E-state index in [9.17, 15) is 0 Å². The van der Waals surface area contributed by atoms with Gasteiger partial charge in [0.15, 0.2) is 5.82 Å². The van der Waals surface area contributed by atoms with E-state index in [-0.39, 0.29) is 12.5 Å². The van der Waals surface area contributed by atoms with Crippen LogP contribution in [-0.2, 0) is 15.1 Å². The van der Waals surface area contributed by atoms with Crippen LogP contribution in [0.25, 0.3) is 0 Å². The number of nitrogens with zero attached hydrogens (tertiary/aromatic N) is 2. The highest BCUT2D eigenvalue weighted by Gasteiger charge is 2.30. The standard InChI is InChI=1S/C5H5Cl3N2O2/c1-11-2-3-9-4(12-10-3)5(6,7)8/h2H2,1H3. The molecule has 0 N–H and O–H groups in total. The summed E-state index contributed by atoms with van der Waals surface area (Å²) >= 11 is 16.4. The minimum atomic E-state index is -1.67. The van der Waals surface area contributed by atoms with Gasteiger partial charge in [0.2, 0.25) is 0 Å². The molecule has 1 aromatic heterocycles. The lowest BCUT2D eigenvalue weighted by Crippen LogP contribution is -2.00. The second-order valence-electron chi connectivity index (χ2n) is 1.95. The van der Waals surface area contributed by atoms with Crippen LogP contribution in [0.15, 0.2) is 4.52 Å². The molecule has 0 fully saturated rings. The highest BCUT2D eigenvalue weighted by Crippen LogP contribution is 2.36. The van der Waals surface area contributed by atoms with E-state index in [2.05, 4.69) is 14.7 Å². The summed E-state index contributed by atoms with van der Waals surface area (Å²) in [6, 6.07) is 0. The number of rotatable bonds is 2. The van der Waals surface area contributed by atoms with Gasteiger partial charge in [-0.05, 0) is 0 Å². The van der Waals surface area contributed by atoms with Crippen molar-refractivity contribution in [1.29, 1.82) is 0 Å². The molecule has 1 rings (SSSR count). The second kappa shape index (κ2) is 3.79. The minimum Gasteiger partial charge on any atom is -0.377 e. The Morgan fingerprint density at radius 2 is 2.17 bits per heavy atom. The molecule has 0 saturated carbocycles. The third-order valence-corrected chi connectivity index (χ3v) is 1.47. The van der Waals surface area contributed by atoms with E-state index >= 15 is 0 Å². The van der Waals surface area contributed by atoms with Crippen molar-refractivity contribution in [2.45, 2.75) is 10.4 Å². The van der Waals surface area contributed by atoms with E-state index in [4.69, 9.17) is 39.5 Å². The Morgan fingerprint density at radius 3 is 2.58 bits per heavy atom. The maximum atomic E-state index is 5.47. The van der Waals surface area contributed by atoms with Crippen LogP contribution in [0.3, 0.4) is 0 Å². The summed E-state index contributed by atoms with van der Waals surface area (Å²) < 4.78 is 7.72. The molecule has 0 bridgehead atoms. The Hall–Kier alpha value is -0.0300. The topological polar surface area (TPSA) is 48.2 Å². The second-order valence-corrected chi connectivity index (χ2v) is 4.23. The van der Waals surface area contributed by atoms with Gasteiger partial charge in [0.25, 0.3) is 9.68 Å². The molecule has 4 nitrogen and oxygen atoms in total. The van der Waals surface area contributed by atoms with Crippen LogP contribution >= 0.6 is 34.8 Å². The van der Waals surface area contributed by atoms with Crippen molar-refractivity contribution in [3.05, 3.63) is 11.7 Å². The van der Waals surface area contributed by atoms with Crippen molar-refractivity contribution in [3.63, 3.8) is 0 Å². The minimum absolute atomic E-state index is 0.0560. The lowest BCUT2D eigenvalue weighted by atomic mass is 10.6. The van der Waals surface area contributed by atoms with Crippen molar-refractivity contribution in [3.8, 4) is 0 Å². The van der Waals surface area contributed by atoms with Crippen molar-refractivity contribution < 1.29 is 9.26 Å². The zero-order chi connectivity index (χ0) is 9.19. The summed E-state index contributed by atoms with van der Waals surface area (Å²) in [6.07, 6.45) is 0. The number of methoxy groups -OCH3 is 1. The average Bonchev–Trinajstić information content (AvgIpc) is 2.35. The molecule has 0 aromatic carbocycles. The van der Waals surface area contributed by atoms with Gasteiger partial charge in [0.05, 0.1) is 0 Å². The summed E-state index contributed by atoms with van der Waals surface area (Å²) in [5.74, 6) is 0.290. The molecular weight excluding hydrogens is 226 g/mol. The third-order valence-electron chi connectivity index (χ3n) is 0.984. The van der Waals surface area contributed by atoms with Crippen molar-refractivity contribution >= 4 is 34.8 Å². The fraction of sp³-hybridized carbons (Fsp3) is 0.600. The first-order chi connectivity index (χ1) is 5.54. The lowest BCUT2D eigenvalue weighted by molar-refractivity contribution is 0.174. The van der Waals surface area contributed by atoms with Gasteiger partial charge in [-0.2, -0.15) is 4.98 Å². The number of alkyl halides is 3. The van der Waals surface area contributed by atoms with Crippen molar-refractivity contribution in [2.75, 3.05) is 7.11 Å². The molecule has 0 radical (unpaired) electrons. The largest absolute Gasteiger partial charge is 0.377 e. The van der Waals surface area contributed by atoms with Gasteiger partial charge in [0, 0.05) is 7.11 Å². The zero-order valence-electron chi connectivity index (χ0n) is 6.05. The molecule has 1 heterocycles. The molecule has 1 aromatic rings. The SMILES string of the molecule is COCc1noc(C(Cl)(Cl)Cl)n1. The zero-order valence-corrected chi connectivity index (χ0v) is 8.32. The van der Waals surface area contributed by atoms with E-state index in [1.807, 2.05) is 0 Å². The molecular formula is C5H5Cl3N2O2. The van der Waals surface area contributed by atoms with Gasteiger partial charge in [-0.15, -0.1) is 0 Å². The van der Waals surface area contributed by atoms with Crippen LogP contribution in [-0.4, -0.2) is 17.3 Å². The van der Waals surface area contributed by atoms with E-state index in [1.54, 1.807) is 0 Å². The molecule has 0 aliphatic carbocycles. The maximum absolute atomic E-state index is 5.47. The predicted molar refractivity (Wildman–Crippen MR) is 44.2 cm³/mol. The Labute approximate surface area is 83.7 Å². The van der Waals surface area contributed by atoms with Crippen LogP contribution in [0.1, 0.15) is 11.7 Å². The first-order valence-electron chi connectivity index (χ1n) is 2.92. The fourth-order valence-electron chi connectivity index (χ4n) is 0.557. The highest BCUT2D eigenvalue weighted by atomic mass is 35.6. The average molecular weight is 231 g/mol. The van der Waals surface area contributed by atoms with Gasteiger partial charge in [-0.3, -0.25) is 0 Å². The van der Waals surface area contributed by atoms with Crippen molar-refractivity contribution in [2.24, 2.45) is 0 Å². The number of hydrogen-bond acceptors (Lipinski definition) is 4. The Bertz CT molecular complexity index is 257. The maximum Gasteiger partial charge on any atom is 0.278 e. The van der Waals surface area contributed by atoms with Crippen LogP contribution in [0.2, 0.25) is 0 Å². The summed E-state index contributed by atoms with van der Waals surface area (Å²) in [6.45, 7) is 0.226. The number of halogens is 3. The number of hydrogen-bond donors (Lipinski definition) is 0. The van der Waals surface area contributed by atoms with Crippen LogP contribution in [0, 0.1) is 0 Å².